The highest BCUT2D eigenvalue weighted by molar-refractivity contribution is 7.89. The van der Waals surface area contributed by atoms with Crippen LogP contribution in [0.15, 0.2) is 17.2 Å². The number of fused-ring (bicyclic) bond motifs is 1. The maximum absolute atomic E-state index is 12.8. The third-order valence-electron chi connectivity index (χ3n) is 4.74. The van der Waals surface area contributed by atoms with Gasteiger partial charge in [0.25, 0.3) is 0 Å². The Balaban J connectivity index is 1.89. The largest absolute Gasteiger partial charge is 0.363 e. The third kappa shape index (κ3) is 2.40. The van der Waals surface area contributed by atoms with Gasteiger partial charge in [-0.2, -0.15) is 4.31 Å². The topological polar surface area (TPSA) is 79.2 Å². The first-order chi connectivity index (χ1) is 9.63. The molecule has 1 saturated heterocycles. The minimum Gasteiger partial charge on any atom is -0.363 e. The maximum atomic E-state index is 12.8. The summed E-state index contributed by atoms with van der Waals surface area (Å²) < 4.78 is 27.4. The molecule has 0 bridgehead atoms. The van der Waals surface area contributed by atoms with Crippen LogP contribution in [0.4, 0.5) is 0 Å². The van der Waals surface area contributed by atoms with E-state index in [0.29, 0.717) is 23.9 Å². The Hall–Kier alpha value is -0.850. The maximum Gasteiger partial charge on any atom is 0.244 e. The summed E-state index contributed by atoms with van der Waals surface area (Å²) in [6, 6.07) is 1.88. The van der Waals surface area contributed by atoms with Crippen molar-refractivity contribution in [3.63, 3.8) is 0 Å². The van der Waals surface area contributed by atoms with E-state index in [2.05, 4.69) is 4.98 Å². The average molecular weight is 297 g/mol. The van der Waals surface area contributed by atoms with Crippen molar-refractivity contribution in [2.75, 3.05) is 6.54 Å². The van der Waals surface area contributed by atoms with E-state index < -0.39 is 10.0 Å². The Kier molecular flexibility index (Phi) is 3.88. The van der Waals surface area contributed by atoms with Gasteiger partial charge in [-0.05, 0) is 37.7 Å². The molecule has 5 nitrogen and oxygen atoms in total. The molecule has 1 aromatic heterocycles. The van der Waals surface area contributed by atoms with E-state index in [-0.39, 0.29) is 6.04 Å². The second kappa shape index (κ2) is 5.50. The molecule has 1 aromatic rings. The summed E-state index contributed by atoms with van der Waals surface area (Å²) in [4.78, 5) is 3.31. The summed E-state index contributed by atoms with van der Waals surface area (Å²) in [7, 11) is -3.38. The number of rotatable bonds is 3. The number of nitrogens with two attached hydrogens (primary N) is 1. The van der Waals surface area contributed by atoms with Crippen molar-refractivity contribution in [1.82, 2.24) is 9.29 Å². The van der Waals surface area contributed by atoms with Gasteiger partial charge in [0.2, 0.25) is 10.0 Å². The number of hydrogen-bond acceptors (Lipinski definition) is 3. The van der Waals surface area contributed by atoms with Gasteiger partial charge in [-0.25, -0.2) is 8.42 Å². The Bertz CT molecular complexity index is 565. The average Bonchev–Trinajstić information content (AvgIpc) is 2.96. The normalized spacial score (nSPS) is 28.2. The number of aromatic amines is 1. The molecule has 2 fully saturated rings. The summed E-state index contributed by atoms with van der Waals surface area (Å²) >= 11 is 0. The van der Waals surface area contributed by atoms with Gasteiger partial charge < -0.3 is 10.7 Å². The van der Waals surface area contributed by atoms with Crippen LogP contribution in [-0.2, 0) is 16.6 Å². The summed E-state index contributed by atoms with van der Waals surface area (Å²) in [6.45, 7) is 0.994. The van der Waals surface area contributed by atoms with E-state index in [1.165, 1.54) is 19.3 Å². The van der Waals surface area contributed by atoms with Crippen molar-refractivity contribution in [3.05, 3.63) is 18.0 Å². The highest BCUT2D eigenvalue weighted by Gasteiger charge is 2.40. The van der Waals surface area contributed by atoms with Crippen LogP contribution in [0.3, 0.4) is 0 Å². The molecule has 0 spiro atoms. The fraction of sp³-hybridized carbons (Fsp3) is 0.714. The monoisotopic (exact) mass is 297 g/mol. The first kappa shape index (κ1) is 14.1. The van der Waals surface area contributed by atoms with Crippen LogP contribution in [0.1, 0.15) is 44.2 Å². The number of nitrogens with zero attached hydrogens (tertiary/aromatic N) is 1. The molecular formula is C14H23N3O2S. The molecular weight excluding hydrogens is 274 g/mol. The van der Waals surface area contributed by atoms with Crippen molar-refractivity contribution >= 4 is 10.0 Å². The zero-order valence-electron chi connectivity index (χ0n) is 11.7. The lowest BCUT2D eigenvalue weighted by atomic mass is 9.79. The van der Waals surface area contributed by atoms with Gasteiger partial charge >= 0.3 is 0 Å². The molecule has 0 aromatic carbocycles. The lowest BCUT2D eigenvalue weighted by Gasteiger charge is -2.42. The van der Waals surface area contributed by atoms with Gasteiger partial charge in [-0.3, -0.25) is 0 Å². The van der Waals surface area contributed by atoms with E-state index in [1.54, 1.807) is 16.6 Å². The molecule has 6 heteroatoms. The van der Waals surface area contributed by atoms with Gasteiger partial charge in [0.1, 0.15) is 0 Å². The first-order valence-electron chi connectivity index (χ1n) is 7.52. The molecule has 20 heavy (non-hydrogen) atoms. The Morgan fingerprint density at radius 2 is 2.00 bits per heavy atom. The third-order valence-corrected chi connectivity index (χ3v) is 6.64. The Labute approximate surface area is 120 Å². The van der Waals surface area contributed by atoms with Crippen LogP contribution in [0.5, 0.6) is 0 Å². The van der Waals surface area contributed by atoms with Gasteiger partial charge in [0.05, 0.1) is 4.90 Å². The van der Waals surface area contributed by atoms with E-state index in [9.17, 15) is 8.42 Å². The summed E-state index contributed by atoms with van der Waals surface area (Å²) in [5, 5.41) is 0. The molecule has 1 aliphatic carbocycles. The van der Waals surface area contributed by atoms with Gasteiger partial charge in [-0.1, -0.05) is 12.8 Å². The molecule has 2 atom stereocenters. The lowest BCUT2D eigenvalue weighted by molar-refractivity contribution is 0.129. The highest BCUT2D eigenvalue weighted by atomic mass is 32.2. The fourth-order valence-electron chi connectivity index (χ4n) is 3.70. The van der Waals surface area contributed by atoms with Gasteiger partial charge in [0.15, 0.2) is 0 Å². The highest BCUT2D eigenvalue weighted by Crippen LogP contribution is 2.38. The minimum atomic E-state index is -3.38. The predicted molar refractivity (Wildman–Crippen MR) is 77.6 cm³/mol. The van der Waals surface area contributed by atoms with Crippen LogP contribution >= 0.6 is 0 Å². The SMILES string of the molecule is NCc1cc(S(=O)(=O)N2CCC[C@H]3CCCC[C@H]32)c[nH]1. The number of aromatic nitrogens is 1. The number of sulfonamides is 1. The van der Waals surface area contributed by atoms with Gasteiger partial charge in [-0.15, -0.1) is 0 Å². The molecule has 0 unspecified atom stereocenters. The predicted octanol–water partition coefficient (Wildman–Crippen LogP) is 1.82. The molecule has 3 rings (SSSR count). The van der Waals surface area contributed by atoms with Crippen LogP contribution < -0.4 is 5.73 Å². The Morgan fingerprint density at radius 3 is 2.75 bits per heavy atom. The van der Waals surface area contributed by atoms with Gasteiger partial charge in [0, 0.05) is 31.0 Å². The number of piperidine rings is 1. The number of H-pyrrole nitrogens is 1. The number of hydrogen-bond donors (Lipinski definition) is 2. The van der Waals surface area contributed by atoms with E-state index >= 15 is 0 Å². The first-order valence-corrected chi connectivity index (χ1v) is 8.96. The van der Waals surface area contributed by atoms with Crippen LogP contribution in [0, 0.1) is 5.92 Å². The fourth-order valence-corrected chi connectivity index (χ4v) is 5.47. The molecule has 0 radical (unpaired) electrons. The molecule has 1 saturated carbocycles. The molecule has 1 aliphatic heterocycles. The molecule has 112 valence electrons. The summed E-state index contributed by atoms with van der Waals surface area (Å²) in [5.41, 5.74) is 6.32. The van der Waals surface area contributed by atoms with E-state index in [0.717, 1.165) is 25.0 Å². The standard InChI is InChI=1S/C14H23N3O2S/c15-9-12-8-13(10-16-12)20(18,19)17-7-3-5-11-4-1-2-6-14(11)17/h8,10-11,14,16H,1-7,9,15H2/t11-,14-/m1/s1. The second-order valence-corrected chi connectivity index (χ2v) is 7.83. The summed E-state index contributed by atoms with van der Waals surface area (Å²) in [6.07, 6.45) is 8.32. The molecule has 3 N–H and O–H groups in total. The van der Waals surface area contributed by atoms with Crippen molar-refractivity contribution < 1.29 is 8.42 Å². The van der Waals surface area contributed by atoms with E-state index in [1.807, 2.05) is 0 Å². The van der Waals surface area contributed by atoms with Crippen LogP contribution in [0.25, 0.3) is 0 Å². The molecule has 0 amide bonds. The van der Waals surface area contributed by atoms with Crippen LogP contribution in [0.2, 0.25) is 0 Å². The number of nitrogens with one attached hydrogen (secondary N) is 1. The van der Waals surface area contributed by atoms with Crippen molar-refractivity contribution in [2.45, 2.75) is 56.0 Å². The Morgan fingerprint density at radius 1 is 1.25 bits per heavy atom. The lowest BCUT2D eigenvalue weighted by Crippen LogP contribution is -2.49. The van der Waals surface area contributed by atoms with Crippen molar-refractivity contribution in [3.8, 4) is 0 Å². The zero-order chi connectivity index (χ0) is 14.2. The van der Waals surface area contributed by atoms with Crippen molar-refractivity contribution in [2.24, 2.45) is 11.7 Å². The molecule has 2 aliphatic rings. The zero-order valence-corrected chi connectivity index (χ0v) is 12.5. The smallest absolute Gasteiger partial charge is 0.244 e. The molecule has 2 heterocycles. The minimum absolute atomic E-state index is 0.207. The van der Waals surface area contributed by atoms with Crippen molar-refractivity contribution in [1.29, 1.82) is 0 Å². The second-order valence-electron chi connectivity index (χ2n) is 5.93. The van der Waals surface area contributed by atoms with E-state index in [4.69, 9.17) is 5.73 Å². The quantitative estimate of drug-likeness (QED) is 0.893. The van der Waals surface area contributed by atoms with Crippen LogP contribution in [-0.4, -0.2) is 30.3 Å². The summed E-state index contributed by atoms with van der Waals surface area (Å²) in [5.74, 6) is 0.556.